The van der Waals surface area contributed by atoms with Gasteiger partial charge in [0.2, 0.25) is 0 Å². The van der Waals surface area contributed by atoms with Crippen LogP contribution in [0.15, 0.2) is 29.4 Å². The highest BCUT2D eigenvalue weighted by Gasteiger charge is 2.33. The second-order valence-electron chi connectivity index (χ2n) is 5.16. The predicted octanol–water partition coefficient (Wildman–Crippen LogP) is 1.48. The van der Waals surface area contributed by atoms with Gasteiger partial charge in [0.15, 0.2) is 10.8 Å². The van der Waals surface area contributed by atoms with Crippen molar-refractivity contribution >= 4 is 33.3 Å². The molecule has 2 aromatic rings. The third kappa shape index (κ3) is 2.63. The molecular formula is C13H18N4O2S2. The van der Waals surface area contributed by atoms with Crippen LogP contribution in [-0.4, -0.2) is 35.4 Å². The molecule has 2 unspecified atom stereocenters. The molecule has 0 aliphatic heterocycles. The zero-order valence-electron chi connectivity index (χ0n) is 11.7. The molecule has 1 aliphatic carbocycles. The minimum Gasteiger partial charge on any atom is -0.381 e. The normalized spacial score (nSPS) is 22.9. The minimum absolute atomic E-state index is 0.0323. The van der Waals surface area contributed by atoms with Gasteiger partial charge in [0.05, 0.1) is 0 Å². The van der Waals surface area contributed by atoms with Gasteiger partial charge in [-0.2, -0.15) is 11.8 Å². The summed E-state index contributed by atoms with van der Waals surface area (Å²) in [6.07, 6.45) is 6.62. The van der Waals surface area contributed by atoms with Crippen molar-refractivity contribution < 1.29 is 8.42 Å². The number of nitrogens with zero attached hydrogens (tertiary/aromatic N) is 2. The van der Waals surface area contributed by atoms with Crippen LogP contribution >= 0.6 is 11.8 Å². The highest BCUT2D eigenvalue weighted by molar-refractivity contribution is 7.99. The lowest BCUT2D eigenvalue weighted by Crippen LogP contribution is -2.39. The Hall–Kier alpha value is -1.25. The number of thioether (sulfide) groups is 1. The van der Waals surface area contributed by atoms with E-state index in [4.69, 9.17) is 5.73 Å². The summed E-state index contributed by atoms with van der Waals surface area (Å²) < 4.78 is 29.7. The van der Waals surface area contributed by atoms with Gasteiger partial charge in [-0.15, -0.1) is 0 Å². The first kappa shape index (κ1) is 14.7. The first-order valence-electron chi connectivity index (χ1n) is 6.80. The number of rotatable bonds is 4. The summed E-state index contributed by atoms with van der Waals surface area (Å²) in [6.45, 7) is 0. The van der Waals surface area contributed by atoms with Crippen molar-refractivity contribution in [1.29, 1.82) is 0 Å². The number of fused-ring (bicyclic) bond motifs is 1. The van der Waals surface area contributed by atoms with E-state index in [0.29, 0.717) is 10.9 Å². The Morgan fingerprint density at radius 3 is 3.00 bits per heavy atom. The van der Waals surface area contributed by atoms with E-state index in [1.54, 1.807) is 36.2 Å². The monoisotopic (exact) mass is 326 g/mol. The van der Waals surface area contributed by atoms with Gasteiger partial charge in [-0.05, 0) is 31.2 Å². The van der Waals surface area contributed by atoms with Crippen LogP contribution in [0.4, 0.5) is 5.82 Å². The summed E-state index contributed by atoms with van der Waals surface area (Å²) in [4.78, 5) is 4.11. The summed E-state index contributed by atoms with van der Waals surface area (Å²) in [5.74, 6) is 0.0346. The number of hydrogen-bond acceptors (Lipinski definition) is 5. The molecule has 0 spiro atoms. The highest BCUT2D eigenvalue weighted by Crippen LogP contribution is 2.30. The molecule has 8 heteroatoms. The van der Waals surface area contributed by atoms with E-state index < -0.39 is 10.0 Å². The van der Waals surface area contributed by atoms with Crippen LogP contribution in [-0.2, 0) is 10.0 Å². The standard InChI is InChI=1S/C13H18N4O2S2/c1-20-10-6-4-5-9(10)16-21(18,19)13-12(14)15-11-7-2-3-8-17(11)13/h2-3,7-10,16H,4-6,14H2,1H3. The van der Waals surface area contributed by atoms with Gasteiger partial charge in [-0.1, -0.05) is 12.5 Å². The zero-order chi connectivity index (χ0) is 15.0. The van der Waals surface area contributed by atoms with Crippen LogP contribution in [0.3, 0.4) is 0 Å². The molecule has 1 saturated carbocycles. The number of nitrogen functional groups attached to an aromatic ring is 1. The van der Waals surface area contributed by atoms with Crippen molar-refractivity contribution in [2.75, 3.05) is 12.0 Å². The van der Waals surface area contributed by atoms with E-state index in [-0.39, 0.29) is 16.9 Å². The zero-order valence-corrected chi connectivity index (χ0v) is 13.3. The van der Waals surface area contributed by atoms with E-state index in [9.17, 15) is 8.42 Å². The summed E-state index contributed by atoms with van der Waals surface area (Å²) in [6, 6.07) is 5.24. The fraction of sp³-hybridized carbons (Fsp3) is 0.462. The molecule has 0 radical (unpaired) electrons. The highest BCUT2D eigenvalue weighted by atomic mass is 32.2. The van der Waals surface area contributed by atoms with Gasteiger partial charge in [-0.3, -0.25) is 4.40 Å². The first-order valence-corrected chi connectivity index (χ1v) is 9.58. The van der Waals surface area contributed by atoms with E-state index in [1.807, 2.05) is 6.26 Å². The van der Waals surface area contributed by atoms with Gasteiger partial charge >= 0.3 is 0 Å². The molecule has 21 heavy (non-hydrogen) atoms. The van der Waals surface area contributed by atoms with Crippen LogP contribution in [0.1, 0.15) is 19.3 Å². The first-order chi connectivity index (χ1) is 10.0. The minimum atomic E-state index is -3.69. The fourth-order valence-corrected chi connectivity index (χ4v) is 5.40. The maximum atomic E-state index is 12.7. The maximum absolute atomic E-state index is 12.7. The van der Waals surface area contributed by atoms with E-state index >= 15 is 0 Å². The third-order valence-corrected chi connectivity index (χ3v) is 6.53. The topological polar surface area (TPSA) is 89.5 Å². The van der Waals surface area contributed by atoms with Crippen LogP contribution in [0.5, 0.6) is 0 Å². The van der Waals surface area contributed by atoms with Crippen LogP contribution in [0.25, 0.3) is 5.65 Å². The third-order valence-electron chi connectivity index (χ3n) is 3.83. The fourth-order valence-electron chi connectivity index (χ4n) is 2.86. The second-order valence-corrected chi connectivity index (χ2v) is 7.87. The number of aromatic nitrogens is 2. The molecule has 1 fully saturated rings. The molecule has 0 amide bonds. The van der Waals surface area contributed by atoms with Gasteiger partial charge in [0.1, 0.15) is 5.65 Å². The smallest absolute Gasteiger partial charge is 0.260 e. The van der Waals surface area contributed by atoms with Crippen molar-refractivity contribution in [1.82, 2.24) is 14.1 Å². The summed E-state index contributed by atoms with van der Waals surface area (Å²) in [7, 11) is -3.69. The molecule has 114 valence electrons. The van der Waals surface area contributed by atoms with Crippen molar-refractivity contribution in [3.8, 4) is 0 Å². The average molecular weight is 326 g/mol. The predicted molar refractivity (Wildman–Crippen MR) is 84.9 cm³/mol. The Morgan fingerprint density at radius 1 is 1.43 bits per heavy atom. The number of sulfonamides is 1. The van der Waals surface area contributed by atoms with Crippen LogP contribution in [0, 0.1) is 0 Å². The molecule has 1 aliphatic rings. The van der Waals surface area contributed by atoms with Gasteiger partial charge < -0.3 is 5.73 Å². The van der Waals surface area contributed by atoms with Crippen LogP contribution in [0.2, 0.25) is 0 Å². The lowest BCUT2D eigenvalue weighted by Gasteiger charge is -2.19. The molecule has 6 nitrogen and oxygen atoms in total. The SMILES string of the molecule is CSC1CCCC1NS(=O)(=O)c1c(N)nc2ccccn12. The summed E-state index contributed by atoms with van der Waals surface area (Å²) in [5, 5.41) is 0.352. The summed E-state index contributed by atoms with van der Waals surface area (Å²) in [5.41, 5.74) is 6.36. The Balaban J connectivity index is 1.99. The molecule has 3 rings (SSSR count). The lowest BCUT2D eigenvalue weighted by molar-refractivity contribution is 0.551. The largest absolute Gasteiger partial charge is 0.381 e. The lowest BCUT2D eigenvalue weighted by atomic mass is 10.3. The van der Waals surface area contributed by atoms with Crippen molar-refractivity contribution in [3.05, 3.63) is 24.4 Å². The molecule has 0 bridgehead atoms. The van der Waals surface area contributed by atoms with Crippen LogP contribution < -0.4 is 10.5 Å². The molecule has 3 N–H and O–H groups in total. The average Bonchev–Trinajstić information content (AvgIpc) is 3.00. The Bertz CT molecular complexity index is 757. The van der Waals surface area contributed by atoms with Crippen molar-refractivity contribution in [3.63, 3.8) is 0 Å². The Labute approximate surface area is 128 Å². The Morgan fingerprint density at radius 2 is 2.24 bits per heavy atom. The van der Waals surface area contributed by atoms with Gasteiger partial charge in [0.25, 0.3) is 10.0 Å². The molecule has 0 saturated heterocycles. The van der Waals surface area contributed by atoms with Crippen molar-refractivity contribution in [2.45, 2.75) is 35.6 Å². The summed E-state index contributed by atoms with van der Waals surface area (Å²) >= 11 is 1.71. The maximum Gasteiger partial charge on any atom is 0.260 e. The van der Waals surface area contributed by atoms with Crippen molar-refractivity contribution in [2.24, 2.45) is 0 Å². The molecule has 2 heterocycles. The van der Waals surface area contributed by atoms with E-state index in [1.165, 1.54) is 4.40 Å². The van der Waals surface area contributed by atoms with E-state index in [0.717, 1.165) is 19.3 Å². The van der Waals surface area contributed by atoms with Gasteiger partial charge in [0, 0.05) is 17.5 Å². The number of pyridine rings is 1. The quantitative estimate of drug-likeness (QED) is 0.888. The molecule has 2 atom stereocenters. The molecule has 2 aromatic heterocycles. The Kier molecular flexibility index (Phi) is 3.85. The van der Waals surface area contributed by atoms with E-state index in [2.05, 4.69) is 9.71 Å². The number of nitrogens with two attached hydrogens (primary N) is 1. The number of hydrogen-bond donors (Lipinski definition) is 2. The second kappa shape index (κ2) is 5.51. The van der Waals surface area contributed by atoms with Gasteiger partial charge in [-0.25, -0.2) is 18.1 Å². The molecular weight excluding hydrogens is 308 g/mol. The number of anilines is 1. The molecule has 0 aromatic carbocycles. The number of imidazole rings is 1. The number of nitrogens with one attached hydrogen (secondary N) is 1.